The topological polar surface area (TPSA) is 70.6 Å². The molecule has 25 heavy (non-hydrogen) atoms. The lowest BCUT2D eigenvalue weighted by Crippen LogP contribution is -2.32. The van der Waals surface area contributed by atoms with E-state index in [9.17, 15) is 9.90 Å². The lowest BCUT2D eigenvalue weighted by Gasteiger charge is -2.16. The highest BCUT2D eigenvalue weighted by Gasteiger charge is 2.13. The summed E-state index contributed by atoms with van der Waals surface area (Å²) in [4.78, 5) is 12.3. The number of rotatable bonds is 12. The van der Waals surface area contributed by atoms with E-state index in [2.05, 4.69) is 38.3 Å². The molecule has 1 atom stereocenters. The number of carbonyl (C=O) groups excluding carboxylic acids is 1. The monoisotopic (exact) mass is 350 g/mol. The van der Waals surface area contributed by atoms with Crippen LogP contribution in [0.4, 0.5) is 0 Å². The molecule has 0 aliphatic carbocycles. The second-order valence-electron chi connectivity index (χ2n) is 7.29. The fourth-order valence-corrected chi connectivity index (χ4v) is 2.25. The van der Waals surface area contributed by atoms with Gasteiger partial charge in [0.15, 0.2) is 0 Å². The van der Waals surface area contributed by atoms with Crippen LogP contribution in [0.2, 0.25) is 0 Å². The minimum Gasteiger partial charge on any atom is -0.490 e. The maximum atomic E-state index is 12.3. The van der Waals surface area contributed by atoms with E-state index in [-0.39, 0.29) is 12.5 Å². The van der Waals surface area contributed by atoms with Crippen molar-refractivity contribution in [3.05, 3.63) is 29.8 Å². The lowest BCUT2D eigenvalue weighted by molar-refractivity contribution is 0.0924. The van der Waals surface area contributed by atoms with Gasteiger partial charge in [0, 0.05) is 13.1 Å². The maximum Gasteiger partial charge on any atom is 0.255 e. The Hall–Kier alpha value is -1.59. The van der Waals surface area contributed by atoms with Crippen LogP contribution in [0, 0.1) is 11.8 Å². The summed E-state index contributed by atoms with van der Waals surface area (Å²) in [5.41, 5.74) is 0.506. The third kappa shape index (κ3) is 9.46. The summed E-state index contributed by atoms with van der Waals surface area (Å²) >= 11 is 0. The molecule has 0 aliphatic heterocycles. The molecule has 5 heteroatoms. The molecule has 0 radical (unpaired) electrons. The maximum absolute atomic E-state index is 12.3. The van der Waals surface area contributed by atoms with Crippen LogP contribution in [0.3, 0.4) is 0 Å². The second kappa shape index (κ2) is 11.9. The number of aliphatic hydroxyl groups is 1. The Kier molecular flexibility index (Phi) is 10.2. The fraction of sp³-hybridized carbons (Fsp3) is 0.650. The van der Waals surface area contributed by atoms with Crippen LogP contribution < -0.4 is 15.4 Å². The van der Waals surface area contributed by atoms with Crippen molar-refractivity contribution in [3.8, 4) is 5.75 Å². The smallest absolute Gasteiger partial charge is 0.255 e. The van der Waals surface area contributed by atoms with Crippen molar-refractivity contribution in [2.75, 3.05) is 26.2 Å². The van der Waals surface area contributed by atoms with Gasteiger partial charge in [-0.05, 0) is 43.4 Å². The first-order valence-electron chi connectivity index (χ1n) is 9.29. The summed E-state index contributed by atoms with van der Waals surface area (Å²) in [5.74, 6) is 1.55. The van der Waals surface area contributed by atoms with Crippen LogP contribution in [0.15, 0.2) is 24.3 Å². The largest absolute Gasteiger partial charge is 0.490 e. The Morgan fingerprint density at radius 2 is 1.72 bits per heavy atom. The van der Waals surface area contributed by atoms with Gasteiger partial charge in [-0.25, -0.2) is 0 Å². The molecule has 0 bridgehead atoms. The van der Waals surface area contributed by atoms with Crippen LogP contribution in [-0.4, -0.2) is 43.4 Å². The summed E-state index contributed by atoms with van der Waals surface area (Å²) in [7, 11) is 0. The van der Waals surface area contributed by atoms with Gasteiger partial charge in [-0.1, -0.05) is 39.8 Å². The van der Waals surface area contributed by atoms with E-state index in [4.69, 9.17) is 4.74 Å². The van der Waals surface area contributed by atoms with Gasteiger partial charge in [0.2, 0.25) is 0 Å². The van der Waals surface area contributed by atoms with Gasteiger partial charge in [0.1, 0.15) is 18.5 Å². The first-order chi connectivity index (χ1) is 11.9. The van der Waals surface area contributed by atoms with Crippen LogP contribution in [0.1, 0.15) is 50.9 Å². The zero-order chi connectivity index (χ0) is 18.7. The number of para-hydroxylation sites is 1. The van der Waals surface area contributed by atoms with E-state index in [0.717, 1.165) is 19.4 Å². The zero-order valence-electron chi connectivity index (χ0n) is 16.0. The number of aliphatic hydroxyl groups excluding tert-OH is 1. The molecule has 1 amide bonds. The molecule has 0 fully saturated rings. The molecule has 1 aromatic carbocycles. The van der Waals surface area contributed by atoms with Crippen molar-refractivity contribution in [2.45, 2.75) is 46.6 Å². The van der Waals surface area contributed by atoms with Crippen molar-refractivity contribution in [2.24, 2.45) is 11.8 Å². The predicted octanol–water partition coefficient (Wildman–Crippen LogP) is 2.84. The summed E-state index contributed by atoms with van der Waals surface area (Å²) in [5, 5.41) is 16.2. The first kappa shape index (κ1) is 21.5. The minimum absolute atomic E-state index is 0.138. The highest BCUT2D eigenvalue weighted by Crippen LogP contribution is 2.18. The molecule has 0 spiro atoms. The Balaban J connectivity index is 2.44. The summed E-state index contributed by atoms with van der Waals surface area (Å²) in [6, 6.07) is 7.14. The molecular weight excluding hydrogens is 316 g/mol. The van der Waals surface area contributed by atoms with Crippen LogP contribution in [0.5, 0.6) is 5.75 Å². The third-order valence-electron chi connectivity index (χ3n) is 3.85. The molecule has 0 aliphatic rings. The van der Waals surface area contributed by atoms with Gasteiger partial charge in [-0.2, -0.15) is 0 Å². The summed E-state index contributed by atoms with van der Waals surface area (Å²) < 4.78 is 5.67. The number of benzene rings is 1. The van der Waals surface area contributed by atoms with Crippen molar-refractivity contribution in [3.63, 3.8) is 0 Å². The van der Waals surface area contributed by atoms with Crippen molar-refractivity contribution < 1.29 is 14.6 Å². The lowest BCUT2D eigenvalue weighted by atomic mass is 10.1. The van der Waals surface area contributed by atoms with Gasteiger partial charge in [-0.15, -0.1) is 0 Å². The normalized spacial score (nSPS) is 12.4. The van der Waals surface area contributed by atoms with Gasteiger partial charge >= 0.3 is 0 Å². The van der Waals surface area contributed by atoms with E-state index in [1.807, 2.05) is 12.1 Å². The van der Waals surface area contributed by atoms with Gasteiger partial charge < -0.3 is 20.5 Å². The average molecular weight is 351 g/mol. The molecule has 142 valence electrons. The number of hydrogen-bond donors (Lipinski definition) is 3. The van der Waals surface area contributed by atoms with Gasteiger partial charge in [0.05, 0.1) is 5.56 Å². The molecule has 1 rings (SSSR count). The van der Waals surface area contributed by atoms with E-state index in [1.165, 1.54) is 0 Å². The number of amides is 1. The molecule has 3 N–H and O–H groups in total. The molecule has 0 saturated carbocycles. The molecule has 5 nitrogen and oxygen atoms in total. The van der Waals surface area contributed by atoms with E-state index in [0.29, 0.717) is 36.2 Å². The standard InChI is InChI=1S/C20H34N2O3/c1-15(2)9-11-21-13-17(23)14-25-19-8-6-5-7-18(19)20(24)22-12-10-16(3)4/h5-8,15-17,21,23H,9-14H2,1-4H3,(H,22,24). The van der Waals surface area contributed by atoms with Crippen molar-refractivity contribution in [1.29, 1.82) is 0 Å². The first-order valence-corrected chi connectivity index (χ1v) is 9.29. The third-order valence-corrected chi connectivity index (χ3v) is 3.85. The zero-order valence-corrected chi connectivity index (χ0v) is 16.0. The van der Waals surface area contributed by atoms with E-state index in [1.54, 1.807) is 12.1 Å². The highest BCUT2D eigenvalue weighted by molar-refractivity contribution is 5.96. The van der Waals surface area contributed by atoms with Crippen LogP contribution in [0.25, 0.3) is 0 Å². The molecule has 0 saturated heterocycles. The average Bonchev–Trinajstić information content (AvgIpc) is 2.56. The predicted molar refractivity (Wildman–Crippen MR) is 102 cm³/mol. The fourth-order valence-electron chi connectivity index (χ4n) is 2.25. The van der Waals surface area contributed by atoms with E-state index < -0.39 is 6.10 Å². The number of nitrogens with one attached hydrogen (secondary N) is 2. The van der Waals surface area contributed by atoms with E-state index >= 15 is 0 Å². The molecule has 1 unspecified atom stereocenters. The molecular formula is C20H34N2O3. The Labute approximate surface area is 152 Å². The van der Waals surface area contributed by atoms with Crippen molar-refractivity contribution in [1.82, 2.24) is 10.6 Å². The molecule has 0 aromatic heterocycles. The van der Waals surface area contributed by atoms with Crippen molar-refractivity contribution >= 4 is 5.91 Å². The summed E-state index contributed by atoms with van der Waals surface area (Å²) in [6.45, 7) is 10.8. The van der Waals surface area contributed by atoms with Gasteiger partial charge in [0.25, 0.3) is 5.91 Å². The Bertz CT molecular complexity index is 503. The number of ether oxygens (including phenoxy) is 1. The van der Waals surface area contributed by atoms with Crippen LogP contribution >= 0.6 is 0 Å². The minimum atomic E-state index is -0.607. The number of carbonyl (C=O) groups is 1. The van der Waals surface area contributed by atoms with Gasteiger partial charge in [-0.3, -0.25) is 4.79 Å². The quantitative estimate of drug-likeness (QED) is 0.507. The van der Waals surface area contributed by atoms with Crippen LogP contribution in [-0.2, 0) is 0 Å². The number of hydrogen-bond acceptors (Lipinski definition) is 4. The Morgan fingerprint density at radius 3 is 2.40 bits per heavy atom. The second-order valence-corrected chi connectivity index (χ2v) is 7.29. The SMILES string of the molecule is CC(C)CCNCC(O)COc1ccccc1C(=O)NCCC(C)C. The Morgan fingerprint density at radius 1 is 1.08 bits per heavy atom. The highest BCUT2D eigenvalue weighted by atomic mass is 16.5. The molecule has 0 heterocycles. The summed E-state index contributed by atoms with van der Waals surface area (Å²) in [6.07, 6.45) is 1.41. The molecule has 1 aromatic rings.